The fourth-order valence-corrected chi connectivity index (χ4v) is 7.11. The summed E-state index contributed by atoms with van der Waals surface area (Å²) in [4.78, 5) is 4.92. The van der Waals surface area contributed by atoms with Gasteiger partial charge in [0.1, 0.15) is 5.82 Å². The smallest absolute Gasteiger partial charge is 0.127 e. The Morgan fingerprint density at radius 2 is 1.61 bits per heavy atom. The van der Waals surface area contributed by atoms with Crippen LogP contribution in [0.25, 0.3) is 0 Å². The van der Waals surface area contributed by atoms with E-state index in [9.17, 15) is 4.39 Å². The molecule has 0 amide bonds. The van der Waals surface area contributed by atoms with Crippen molar-refractivity contribution in [3.63, 3.8) is 0 Å². The van der Waals surface area contributed by atoms with E-state index in [1.165, 1.54) is 48.6 Å². The molecule has 1 heterocycles. The average molecular weight is 635 g/mol. The number of nitrogens with two attached hydrogens (primary N) is 1. The van der Waals surface area contributed by atoms with Crippen molar-refractivity contribution >= 4 is 28.9 Å². The fourth-order valence-electron chi connectivity index (χ4n) is 6.70. The highest BCUT2D eigenvalue weighted by molar-refractivity contribution is 6.43. The van der Waals surface area contributed by atoms with Crippen LogP contribution < -0.4 is 10.6 Å². The summed E-state index contributed by atoms with van der Waals surface area (Å²) in [5.74, 6) is 0.577. The van der Waals surface area contributed by atoms with E-state index in [0.717, 1.165) is 43.9 Å². The first-order chi connectivity index (χ1) is 21.5. The molecule has 2 fully saturated rings. The average Bonchev–Trinajstić information content (AvgIpc) is 3.61. The standard InChI is InChI=1S/C34H35Cl2FN2.C2H5N.C2H6/c35-30-15-7-17-32(33(30)36)38-18-20-39(21-19-38)34(27-12-5-10-25(22-27)24-8-1-2-9-24)28-13-6-11-26(23-28)29-14-3-4-16-31(29)37;1-2-3;1-2/h3-7,10,12-17,22-24,26,34H,1-2,8-9,11,18-21H2;2H,1,3H2;1-2H3. The van der Waals surface area contributed by atoms with Crippen LogP contribution in [0.4, 0.5) is 10.1 Å². The summed E-state index contributed by atoms with van der Waals surface area (Å²) in [6, 6.07) is 22.5. The molecule has 6 rings (SSSR count). The normalized spacial score (nSPS) is 19.2. The summed E-state index contributed by atoms with van der Waals surface area (Å²) in [5.41, 5.74) is 10.4. The minimum absolute atomic E-state index is 0.0401. The van der Waals surface area contributed by atoms with Crippen molar-refractivity contribution in [1.29, 1.82) is 0 Å². The Labute approximate surface area is 273 Å². The highest BCUT2D eigenvalue weighted by Crippen LogP contribution is 2.41. The molecule has 1 aliphatic heterocycles. The second-order valence-electron chi connectivity index (χ2n) is 11.3. The SMILES string of the molecule is C=CN.CC.Fc1ccccc1C1C=C(C(c2cccc(C3CCCC3)c2)N2CCN(c3cccc(Cl)c3Cl)CC2)C=CC1. The largest absolute Gasteiger partial charge is 0.405 e. The number of hydrogen-bond acceptors (Lipinski definition) is 3. The third-order valence-corrected chi connectivity index (χ3v) is 9.53. The summed E-state index contributed by atoms with van der Waals surface area (Å²) in [6.45, 7) is 10.7. The van der Waals surface area contributed by atoms with E-state index >= 15 is 0 Å². The maximum atomic E-state index is 14.8. The Hall–Kier alpha value is -3.05. The van der Waals surface area contributed by atoms with Crippen molar-refractivity contribution in [1.82, 2.24) is 4.90 Å². The lowest BCUT2D eigenvalue weighted by atomic mass is 9.84. The van der Waals surface area contributed by atoms with Crippen LogP contribution in [0.3, 0.4) is 0 Å². The number of nitrogens with zero attached hydrogens (tertiary/aromatic N) is 2. The van der Waals surface area contributed by atoms with Crippen LogP contribution in [-0.2, 0) is 0 Å². The van der Waals surface area contributed by atoms with E-state index in [0.29, 0.717) is 16.0 Å². The monoisotopic (exact) mass is 633 g/mol. The molecular weight excluding hydrogens is 588 g/mol. The van der Waals surface area contributed by atoms with Crippen LogP contribution in [-0.4, -0.2) is 31.1 Å². The molecule has 0 radical (unpaired) electrons. The first-order valence-corrected chi connectivity index (χ1v) is 16.7. The summed E-state index contributed by atoms with van der Waals surface area (Å²) in [6.07, 6.45) is 14.1. The van der Waals surface area contributed by atoms with Gasteiger partial charge in [0.2, 0.25) is 0 Å². The first kappa shape index (κ1) is 33.8. The van der Waals surface area contributed by atoms with Gasteiger partial charge in [-0.1, -0.05) is 123 Å². The number of benzene rings is 3. The van der Waals surface area contributed by atoms with Gasteiger partial charge in [0.05, 0.1) is 21.8 Å². The molecule has 0 spiro atoms. The molecule has 6 heteroatoms. The Morgan fingerprint density at radius 3 is 2.32 bits per heavy atom. The van der Waals surface area contributed by atoms with Gasteiger partial charge < -0.3 is 10.6 Å². The van der Waals surface area contributed by atoms with Gasteiger partial charge in [-0.2, -0.15) is 0 Å². The van der Waals surface area contributed by atoms with Crippen LogP contribution in [0.5, 0.6) is 0 Å². The van der Waals surface area contributed by atoms with E-state index in [1.54, 1.807) is 12.1 Å². The molecule has 2 atom stereocenters. The number of anilines is 1. The van der Waals surface area contributed by atoms with Crippen LogP contribution in [0, 0.1) is 5.82 Å². The van der Waals surface area contributed by atoms with Crippen molar-refractivity contribution in [2.45, 2.75) is 63.8 Å². The van der Waals surface area contributed by atoms with Gasteiger partial charge in [-0.05, 0) is 71.8 Å². The highest BCUT2D eigenvalue weighted by atomic mass is 35.5. The second kappa shape index (κ2) is 16.9. The van der Waals surface area contributed by atoms with Gasteiger partial charge in [0, 0.05) is 32.1 Å². The van der Waals surface area contributed by atoms with Gasteiger partial charge >= 0.3 is 0 Å². The van der Waals surface area contributed by atoms with Crippen molar-refractivity contribution in [3.05, 3.63) is 136 Å². The second-order valence-corrected chi connectivity index (χ2v) is 12.1. The van der Waals surface area contributed by atoms with Crippen LogP contribution in [0.1, 0.15) is 80.5 Å². The zero-order valence-electron chi connectivity index (χ0n) is 26.1. The lowest BCUT2D eigenvalue weighted by Gasteiger charge is -2.42. The Bertz CT molecular complexity index is 1420. The van der Waals surface area contributed by atoms with Crippen molar-refractivity contribution in [3.8, 4) is 0 Å². The lowest BCUT2D eigenvalue weighted by Crippen LogP contribution is -2.48. The molecule has 2 aliphatic carbocycles. The van der Waals surface area contributed by atoms with Gasteiger partial charge in [-0.25, -0.2) is 4.39 Å². The summed E-state index contributed by atoms with van der Waals surface area (Å²) in [5, 5.41) is 1.22. The van der Waals surface area contributed by atoms with E-state index in [4.69, 9.17) is 23.2 Å². The topological polar surface area (TPSA) is 32.5 Å². The lowest BCUT2D eigenvalue weighted by molar-refractivity contribution is 0.211. The van der Waals surface area contributed by atoms with Gasteiger partial charge in [-0.15, -0.1) is 0 Å². The minimum atomic E-state index is -0.125. The Morgan fingerprint density at radius 1 is 0.932 bits per heavy atom. The molecule has 3 nitrogen and oxygen atoms in total. The molecule has 3 aromatic carbocycles. The Kier molecular flexibility index (Phi) is 13.0. The van der Waals surface area contributed by atoms with Gasteiger partial charge in [0.15, 0.2) is 0 Å². The predicted molar refractivity (Wildman–Crippen MR) is 187 cm³/mol. The molecular formula is C38H46Cl2FN3. The maximum absolute atomic E-state index is 14.8. The highest BCUT2D eigenvalue weighted by Gasteiger charge is 2.30. The molecule has 0 aromatic heterocycles. The molecule has 1 saturated carbocycles. The molecule has 234 valence electrons. The quantitative estimate of drug-likeness (QED) is 0.293. The van der Waals surface area contributed by atoms with Crippen LogP contribution >= 0.6 is 23.2 Å². The fraction of sp³-hybridized carbons (Fsp3) is 0.368. The van der Waals surface area contributed by atoms with Crippen LogP contribution in [0.2, 0.25) is 10.0 Å². The number of piperazine rings is 1. The molecule has 3 aliphatic rings. The summed E-state index contributed by atoms with van der Waals surface area (Å²) >= 11 is 12.9. The molecule has 2 N–H and O–H groups in total. The number of allylic oxidation sites excluding steroid dienone is 2. The van der Waals surface area contributed by atoms with E-state index in [-0.39, 0.29) is 17.8 Å². The number of hydrogen-bond donors (Lipinski definition) is 1. The predicted octanol–water partition coefficient (Wildman–Crippen LogP) is 10.4. The molecule has 0 bridgehead atoms. The van der Waals surface area contributed by atoms with Crippen molar-refractivity contribution in [2.24, 2.45) is 5.73 Å². The van der Waals surface area contributed by atoms with E-state index in [1.807, 2.05) is 38.1 Å². The number of rotatable bonds is 6. The van der Waals surface area contributed by atoms with Crippen molar-refractivity contribution < 1.29 is 4.39 Å². The van der Waals surface area contributed by atoms with Crippen molar-refractivity contribution in [2.75, 3.05) is 31.1 Å². The first-order valence-electron chi connectivity index (χ1n) is 16.0. The van der Waals surface area contributed by atoms with E-state index in [2.05, 4.69) is 70.7 Å². The molecule has 1 saturated heterocycles. The zero-order valence-corrected chi connectivity index (χ0v) is 27.6. The third-order valence-electron chi connectivity index (χ3n) is 8.72. The maximum Gasteiger partial charge on any atom is 0.127 e. The van der Waals surface area contributed by atoms with Gasteiger partial charge in [-0.3, -0.25) is 4.90 Å². The summed E-state index contributed by atoms with van der Waals surface area (Å²) < 4.78 is 14.8. The van der Waals surface area contributed by atoms with Crippen LogP contribution in [0.15, 0.2) is 103 Å². The minimum Gasteiger partial charge on any atom is -0.405 e. The van der Waals surface area contributed by atoms with Gasteiger partial charge in [0.25, 0.3) is 0 Å². The Balaban J connectivity index is 0.000000834. The number of halogens is 3. The van der Waals surface area contributed by atoms with E-state index < -0.39 is 0 Å². The summed E-state index contributed by atoms with van der Waals surface area (Å²) in [7, 11) is 0. The molecule has 2 unspecified atom stereocenters. The third kappa shape index (κ3) is 8.15. The molecule has 44 heavy (non-hydrogen) atoms. The molecule has 3 aromatic rings. The zero-order chi connectivity index (χ0) is 31.5.